The molecule has 80 valence electrons. The maximum atomic E-state index is 10.9. The first-order valence-corrected chi connectivity index (χ1v) is 4.50. The lowest BCUT2D eigenvalue weighted by atomic mass is 9.89. The van der Waals surface area contributed by atoms with Crippen LogP contribution in [0.2, 0.25) is 0 Å². The Morgan fingerprint density at radius 3 is 2.40 bits per heavy atom. The van der Waals surface area contributed by atoms with Crippen molar-refractivity contribution in [2.45, 2.75) is 26.2 Å². The number of carboxylic acid groups (broad SMARTS) is 1. The van der Waals surface area contributed by atoms with E-state index < -0.39 is 5.97 Å². The molecule has 0 aliphatic carbocycles. The summed E-state index contributed by atoms with van der Waals surface area (Å²) in [6, 6.07) is 1.91. The van der Waals surface area contributed by atoms with Gasteiger partial charge in [-0.2, -0.15) is 10.4 Å². The third-order valence-corrected chi connectivity index (χ3v) is 2.07. The van der Waals surface area contributed by atoms with Crippen LogP contribution in [-0.2, 0) is 12.5 Å². The molecular weight excluding hydrogens is 194 g/mol. The molecule has 1 N–H and O–H groups in total. The molecule has 1 rings (SSSR count). The van der Waals surface area contributed by atoms with E-state index in [4.69, 9.17) is 10.4 Å². The van der Waals surface area contributed by atoms with E-state index in [1.54, 1.807) is 0 Å². The second kappa shape index (κ2) is 3.39. The van der Waals surface area contributed by atoms with Crippen molar-refractivity contribution in [2.24, 2.45) is 7.05 Å². The molecule has 5 heteroatoms. The molecule has 0 aromatic carbocycles. The fourth-order valence-corrected chi connectivity index (χ4v) is 1.40. The predicted molar refractivity (Wildman–Crippen MR) is 53.6 cm³/mol. The Morgan fingerprint density at radius 2 is 2.07 bits per heavy atom. The van der Waals surface area contributed by atoms with E-state index in [-0.39, 0.29) is 16.7 Å². The van der Waals surface area contributed by atoms with Gasteiger partial charge < -0.3 is 5.11 Å². The standard InChI is InChI=1S/C10H13N3O2/c1-10(2,3)8-6(5-11)7(9(14)15)13(4)12-8/h1-4H3,(H,14,15). The molecule has 0 aliphatic heterocycles. The van der Waals surface area contributed by atoms with Gasteiger partial charge in [0.05, 0.1) is 5.69 Å². The molecule has 0 unspecified atom stereocenters. The lowest BCUT2D eigenvalue weighted by molar-refractivity contribution is 0.0684. The summed E-state index contributed by atoms with van der Waals surface area (Å²) in [4.78, 5) is 10.9. The summed E-state index contributed by atoms with van der Waals surface area (Å²) < 4.78 is 1.24. The Kier molecular flexibility index (Phi) is 2.54. The molecule has 0 atom stereocenters. The number of hydrogen-bond donors (Lipinski definition) is 1. The van der Waals surface area contributed by atoms with Crippen LogP contribution in [0.15, 0.2) is 0 Å². The zero-order valence-electron chi connectivity index (χ0n) is 9.20. The summed E-state index contributed by atoms with van der Waals surface area (Å²) in [6.07, 6.45) is 0. The zero-order chi connectivity index (χ0) is 11.8. The van der Waals surface area contributed by atoms with Crippen molar-refractivity contribution in [1.29, 1.82) is 5.26 Å². The molecule has 0 bridgehead atoms. The normalized spacial score (nSPS) is 11.1. The zero-order valence-corrected chi connectivity index (χ0v) is 9.20. The Bertz CT molecular complexity index is 446. The number of nitriles is 1. The molecule has 0 saturated heterocycles. The van der Waals surface area contributed by atoms with Gasteiger partial charge in [0.2, 0.25) is 0 Å². The molecule has 15 heavy (non-hydrogen) atoms. The number of carbonyl (C=O) groups is 1. The molecule has 1 heterocycles. The third kappa shape index (κ3) is 1.84. The summed E-state index contributed by atoms with van der Waals surface area (Å²) in [7, 11) is 1.53. The summed E-state index contributed by atoms with van der Waals surface area (Å²) in [5.74, 6) is -1.13. The van der Waals surface area contributed by atoms with Crippen LogP contribution in [0.1, 0.15) is 42.5 Å². The maximum Gasteiger partial charge on any atom is 0.355 e. The highest BCUT2D eigenvalue weighted by Gasteiger charge is 2.28. The van der Waals surface area contributed by atoms with Crippen LogP contribution in [-0.4, -0.2) is 20.9 Å². The summed E-state index contributed by atoms with van der Waals surface area (Å²) >= 11 is 0. The Morgan fingerprint density at radius 1 is 1.53 bits per heavy atom. The summed E-state index contributed by atoms with van der Waals surface area (Å²) in [5.41, 5.74) is 0.279. The highest BCUT2D eigenvalue weighted by molar-refractivity contribution is 5.89. The first kappa shape index (κ1) is 11.2. The van der Waals surface area contributed by atoms with Crippen LogP contribution < -0.4 is 0 Å². The van der Waals surface area contributed by atoms with Crippen molar-refractivity contribution in [3.05, 3.63) is 17.0 Å². The number of aromatic carboxylic acids is 1. The molecule has 0 spiro atoms. The Balaban J connectivity index is 3.54. The van der Waals surface area contributed by atoms with Crippen molar-refractivity contribution < 1.29 is 9.90 Å². The molecule has 0 radical (unpaired) electrons. The largest absolute Gasteiger partial charge is 0.476 e. The van der Waals surface area contributed by atoms with E-state index in [0.29, 0.717) is 5.69 Å². The van der Waals surface area contributed by atoms with Gasteiger partial charge in [-0.3, -0.25) is 4.68 Å². The molecule has 0 amide bonds. The monoisotopic (exact) mass is 207 g/mol. The fourth-order valence-electron chi connectivity index (χ4n) is 1.40. The van der Waals surface area contributed by atoms with Crippen molar-refractivity contribution in [3.8, 4) is 6.07 Å². The molecule has 0 fully saturated rings. The topological polar surface area (TPSA) is 78.9 Å². The van der Waals surface area contributed by atoms with E-state index in [2.05, 4.69) is 5.10 Å². The minimum absolute atomic E-state index is 0.0533. The van der Waals surface area contributed by atoms with Gasteiger partial charge in [-0.15, -0.1) is 0 Å². The minimum atomic E-state index is -1.13. The van der Waals surface area contributed by atoms with Gasteiger partial charge in [0.15, 0.2) is 5.69 Å². The molecule has 5 nitrogen and oxygen atoms in total. The third-order valence-electron chi connectivity index (χ3n) is 2.07. The van der Waals surface area contributed by atoms with Gasteiger partial charge in [0.1, 0.15) is 11.6 Å². The van der Waals surface area contributed by atoms with E-state index in [1.807, 2.05) is 26.8 Å². The number of rotatable bonds is 1. The van der Waals surface area contributed by atoms with Crippen LogP contribution >= 0.6 is 0 Å². The Labute approximate surface area is 87.9 Å². The molecule has 1 aromatic heterocycles. The summed E-state index contributed by atoms with van der Waals surface area (Å²) in [6.45, 7) is 5.67. The molecule has 0 aliphatic rings. The van der Waals surface area contributed by atoms with E-state index in [1.165, 1.54) is 11.7 Å². The average molecular weight is 207 g/mol. The van der Waals surface area contributed by atoms with Crippen LogP contribution in [0.5, 0.6) is 0 Å². The van der Waals surface area contributed by atoms with Gasteiger partial charge in [0.25, 0.3) is 0 Å². The number of nitrogens with zero attached hydrogens (tertiary/aromatic N) is 3. The number of aryl methyl sites for hydroxylation is 1. The van der Waals surface area contributed by atoms with Crippen LogP contribution in [0, 0.1) is 11.3 Å². The van der Waals surface area contributed by atoms with Crippen LogP contribution in [0.3, 0.4) is 0 Å². The number of carboxylic acids is 1. The molecule has 0 saturated carbocycles. The van der Waals surface area contributed by atoms with E-state index in [9.17, 15) is 4.79 Å². The fraction of sp³-hybridized carbons (Fsp3) is 0.500. The van der Waals surface area contributed by atoms with Gasteiger partial charge in [-0.05, 0) is 0 Å². The molecule has 1 aromatic rings. The summed E-state index contributed by atoms with van der Waals surface area (Å²) in [5, 5.41) is 22.0. The van der Waals surface area contributed by atoms with Crippen LogP contribution in [0.25, 0.3) is 0 Å². The van der Waals surface area contributed by atoms with Crippen molar-refractivity contribution in [2.75, 3.05) is 0 Å². The van der Waals surface area contributed by atoms with Crippen molar-refractivity contribution in [1.82, 2.24) is 9.78 Å². The number of hydrogen-bond acceptors (Lipinski definition) is 3. The predicted octanol–water partition coefficient (Wildman–Crippen LogP) is 1.29. The van der Waals surface area contributed by atoms with Gasteiger partial charge in [-0.25, -0.2) is 4.79 Å². The second-order valence-corrected chi connectivity index (χ2v) is 4.36. The SMILES string of the molecule is Cn1nc(C(C)(C)C)c(C#N)c1C(=O)O. The first-order valence-electron chi connectivity index (χ1n) is 4.50. The number of aromatic nitrogens is 2. The van der Waals surface area contributed by atoms with Gasteiger partial charge >= 0.3 is 5.97 Å². The quantitative estimate of drug-likeness (QED) is 0.752. The highest BCUT2D eigenvalue weighted by atomic mass is 16.4. The van der Waals surface area contributed by atoms with Crippen LogP contribution in [0.4, 0.5) is 0 Å². The first-order chi connectivity index (χ1) is 6.79. The lowest BCUT2D eigenvalue weighted by Gasteiger charge is -2.14. The second-order valence-electron chi connectivity index (χ2n) is 4.36. The van der Waals surface area contributed by atoms with Gasteiger partial charge in [-0.1, -0.05) is 20.8 Å². The minimum Gasteiger partial charge on any atom is -0.476 e. The smallest absolute Gasteiger partial charge is 0.355 e. The molecular formula is C10H13N3O2. The van der Waals surface area contributed by atoms with E-state index in [0.717, 1.165) is 0 Å². The highest BCUT2D eigenvalue weighted by Crippen LogP contribution is 2.26. The van der Waals surface area contributed by atoms with Gasteiger partial charge in [0, 0.05) is 12.5 Å². The average Bonchev–Trinajstić information content (AvgIpc) is 2.41. The lowest BCUT2D eigenvalue weighted by Crippen LogP contribution is -2.14. The maximum absolute atomic E-state index is 10.9. The Hall–Kier alpha value is -1.83. The van der Waals surface area contributed by atoms with Crippen molar-refractivity contribution >= 4 is 5.97 Å². The van der Waals surface area contributed by atoms with E-state index >= 15 is 0 Å². The van der Waals surface area contributed by atoms with Crippen molar-refractivity contribution in [3.63, 3.8) is 0 Å².